The highest BCUT2D eigenvalue weighted by atomic mass is 35.5. The number of rotatable bonds is 2. The second kappa shape index (κ2) is 3.79. The van der Waals surface area contributed by atoms with E-state index in [9.17, 15) is 4.79 Å². The number of carboxylic acid groups (broad SMARTS) is 1. The number of hydrogen-bond acceptors (Lipinski definition) is 2. The Labute approximate surface area is 82.0 Å². The monoisotopic (exact) mass is 202 g/mol. The molecule has 1 aliphatic carbocycles. The lowest BCUT2D eigenvalue weighted by molar-refractivity contribution is 0.0691. The molecule has 0 atom stereocenters. The van der Waals surface area contributed by atoms with Crippen LogP contribution in [0, 0.1) is 0 Å². The normalized spacial score (nSPS) is 16.0. The number of hydrogen-bond donors (Lipinski definition) is 1. The average molecular weight is 203 g/mol. The van der Waals surface area contributed by atoms with Gasteiger partial charge in [-0.15, -0.1) is 12.4 Å². The topological polar surface area (TPSA) is 55.1 Å². The van der Waals surface area contributed by atoms with Gasteiger partial charge in [0.05, 0.1) is 6.33 Å². The van der Waals surface area contributed by atoms with Crippen LogP contribution in [0.1, 0.15) is 35.8 Å². The first-order chi connectivity index (χ1) is 5.77. The summed E-state index contributed by atoms with van der Waals surface area (Å²) in [6.45, 7) is 0. The molecule has 4 nitrogen and oxygen atoms in total. The van der Waals surface area contributed by atoms with Gasteiger partial charge in [-0.3, -0.25) is 0 Å². The quantitative estimate of drug-likeness (QED) is 0.795. The summed E-state index contributed by atoms with van der Waals surface area (Å²) in [5, 5.41) is 8.59. The standard InChI is InChI=1S/C8H10N2O2.ClH/c11-8(12)7-4-10(5-9-7)6-2-1-3-6;/h4-6H,1-3H2,(H,11,12);1H. The fourth-order valence-corrected chi connectivity index (χ4v) is 1.33. The first-order valence-electron chi connectivity index (χ1n) is 4.04. The van der Waals surface area contributed by atoms with Gasteiger partial charge in [-0.2, -0.15) is 0 Å². The number of halogens is 1. The minimum absolute atomic E-state index is 0. The van der Waals surface area contributed by atoms with Crippen molar-refractivity contribution in [3.05, 3.63) is 18.2 Å². The SMILES string of the molecule is Cl.O=C(O)c1cn(C2CCC2)cn1. The van der Waals surface area contributed by atoms with Crippen molar-refractivity contribution >= 4 is 18.4 Å². The molecule has 2 rings (SSSR count). The number of nitrogens with zero attached hydrogens (tertiary/aromatic N) is 2. The zero-order chi connectivity index (χ0) is 8.55. The molecule has 1 aromatic rings. The van der Waals surface area contributed by atoms with E-state index in [1.165, 1.54) is 6.42 Å². The van der Waals surface area contributed by atoms with Crippen LogP contribution in [-0.4, -0.2) is 20.6 Å². The number of carboxylic acids is 1. The van der Waals surface area contributed by atoms with Crippen LogP contribution in [0.5, 0.6) is 0 Å². The molecule has 1 aliphatic rings. The largest absolute Gasteiger partial charge is 0.476 e. The highest BCUT2D eigenvalue weighted by Crippen LogP contribution is 2.31. The predicted molar refractivity (Wildman–Crippen MR) is 49.3 cm³/mol. The van der Waals surface area contributed by atoms with E-state index in [4.69, 9.17) is 5.11 Å². The fourth-order valence-electron chi connectivity index (χ4n) is 1.33. The van der Waals surface area contributed by atoms with Crippen molar-refractivity contribution in [3.8, 4) is 0 Å². The molecule has 0 spiro atoms. The van der Waals surface area contributed by atoms with Crippen LogP contribution in [0.4, 0.5) is 0 Å². The Balaban J connectivity index is 0.000000845. The molecule has 1 heterocycles. The van der Waals surface area contributed by atoms with E-state index in [1.807, 2.05) is 4.57 Å². The van der Waals surface area contributed by atoms with Crippen molar-refractivity contribution in [2.75, 3.05) is 0 Å². The molecule has 13 heavy (non-hydrogen) atoms. The Morgan fingerprint density at radius 1 is 1.62 bits per heavy atom. The highest BCUT2D eigenvalue weighted by molar-refractivity contribution is 5.85. The van der Waals surface area contributed by atoms with Gasteiger partial charge >= 0.3 is 5.97 Å². The number of carbonyl (C=O) groups is 1. The van der Waals surface area contributed by atoms with Gasteiger partial charge in [0.2, 0.25) is 0 Å². The maximum Gasteiger partial charge on any atom is 0.356 e. The Hall–Kier alpha value is -1.03. The molecule has 0 bridgehead atoms. The van der Waals surface area contributed by atoms with Crippen molar-refractivity contribution in [2.24, 2.45) is 0 Å². The van der Waals surface area contributed by atoms with Gasteiger partial charge in [0.1, 0.15) is 0 Å². The van der Waals surface area contributed by atoms with E-state index >= 15 is 0 Å². The molecule has 1 aromatic heterocycles. The van der Waals surface area contributed by atoms with Crippen LogP contribution in [0.3, 0.4) is 0 Å². The molecule has 0 unspecified atom stereocenters. The molecule has 72 valence electrons. The van der Waals surface area contributed by atoms with E-state index in [-0.39, 0.29) is 18.1 Å². The second-order valence-electron chi connectivity index (χ2n) is 3.10. The molecule has 1 N–H and O–H groups in total. The van der Waals surface area contributed by atoms with E-state index in [0.29, 0.717) is 6.04 Å². The second-order valence-corrected chi connectivity index (χ2v) is 3.10. The van der Waals surface area contributed by atoms with Crippen molar-refractivity contribution in [2.45, 2.75) is 25.3 Å². The van der Waals surface area contributed by atoms with E-state index < -0.39 is 5.97 Å². The highest BCUT2D eigenvalue weighted by Gasteiger charge is 2.20. The summed E-state index contributed by atoms with van der Waals surface area (Å²) in [5.41, 5.74) is 0.141. The van der Waals surface area contributed by atoms with Crippen molar-refractivity contribution in [1.82, 2.24) is 9.55 Å². The summed E-state index contributed by atoms with van der Waals surface area (Å²) in [7, 11) is 0. The summed E-state index contributed by atoms with van der Waals surface area (Å²) in [6.07, 6.45) is 6.75. The third-order valence-corrected chi connectivity index (χ3v) is 2.32. The zero-order valence-corrected chi connectivity index (χ0v) is 7.83. The molecule has 0 aromatic carbocycles. The third-order valence-electron chi connectivity index (χ3n) is 2.32. The van der Waals surface area contributed by atoms with Gasteiger partial charge in [0, 0.05) is 12.2 Å². The lowest BCUT2D eigenvalue weighted by Crippen LogP contribution is -2.15. The van der Waals surface area contributed by atoms with Gasteiger partial charge in [-0.25, -0.2) is 9.78 Å². The van der Waals surface area contributed by atoms with Gasteiger partial charge in [-0.1, -0.05) is 0 Å². The van der Waals surface area contributed by atoms with Gasteiger partial charge in [-0.05, 0) is 19.3 Å². The van der Waals surface area contributed by atoms with Crippen LogP contribution < -0.4 is 0 Å². The van der Waals surface area contributed by atoms with Gasteiger partial charge < -0.3 is 9.67 Å². The number of aromatic carboxylic acids is 1. The smallest absolute Gasteiger partial charge is 0.356 e. The maximum atomic E-state index is 10.5. The first kappa shape index (κ1) is 10.1. The number of imidazole rings is 1. The molecule has 0 amide bonds. The molecule has 0 radical (unpaired) electrons. The van der Waals surface area contributed by atoms with Crippen molar-refractivity contribution in [3.63, 3.8) is 0 Å². The molecule has 1 fully saturated rings. The average Bonchev–Trinajstić information content (AvgIpc) is 2.32. The van der Waals surface area contributed by atoms with E-state index in [0.717, 1.165) is 12.8 Å². The Morgan fingerprint density at radius 2 is 2.31 bits per heavy atom. The van der Waals surface area contributed by atoms with Crippen LogP contribution in [0.2, 0.25) is 0 Å². The molecule has 1 saturated carbocycles. The van der Waals surface area contributed by atoms with Gasteiger partial charge in [0.15, 0.2) is 5.69 Å². The summed E-state index contributed by atoms with van der Waals surface area (Å²) < 4.78 is 1.90. The number of aromatic nitrogens is 2. The van der Waals surface area contributed by atoms with Crippen LogP contribution >= 0.6 is 12.4 Å². The summed E-state index contributed by atoms with van der Waals surface area (Å²) in [6, 6.07) is 0.491. The zero-order valence-electron chi connectivity index (χ0n) is 7.01. The van der Waals surface area contributed by atoms with Crippen LogP contribution in [0.15, 0.2) is 12.5 Å². The summed E-state index contributed by atoms with van der Waals surface area (Å²) in [4.78, 5) is 14.2. The van der Waals surface area contributed by atoms with E-state index in [2.05, 4.69) is 4.98 Å². The minimum atomic E-state index is -0.951. The minimum Gasteiger partial charge on any atom is -0.476 e. The lowest BCUT2D eigenvalue weighted by Gasteiger charge is -2.26. The van der Waals surface area contributed by atoms with Crippen molar-refractivity contribution < 1.29 is 9.90 Å². The van der Waals surface area contributed by atoms with Gasteiger partial charge in [0.25, 0.3) is 0 Å². The predicted octanol–water partition coefficient (Wildman–Crippen LogP) is 1.73. The summed E-state index contributed by atoms with van der Waals surface area (Å²) in [5.74, 6) is -0.951. The Morgan fingerprint density at radius 3 is 2.69 bits per heavy atom. The maximum absolute atomic E-state index is 10.5. The molecular weight excluding hydrogens is 192 g/mol. The third kappa shape index (κ3) is 1.83. The lowest BCUT2D eigenvalue weighted by atomic mass is 9.93. The fraction of sp³-hybridized carbons (Fsp3) is 0.500. The molecule has 0 aliphatic heterocycles. The molecular formula is C8H11ClN2O2. The van der Waals surface area contributed by atoms with E-state index in [1.54, 1.807) is 12.5 Å². The van der Waals surface area contributed by atoms with Crippen LogP contribution in [0.25, 0.3) is 0 Å². The van der Waals surface area contributed by atoms with Crippen LogP contribution in [-0.2, 0) is 0 Å². The molecule has 0 saturated heterocycles. The summed E-state index contributed by atoms with van der Waals surface area (Å²) >= 11 is 0. The first-order valence-corrected chi connectivity index (χ1v) is 4.04. The Bertz CT molecular complexity index is 307. The molecule has 5 heteroatoms. The van der Waals surface area contributed by atoms with Crippen molar-refractivity contribution in [1.29, 1.82) is 0 Å². The Kier molecular flexibility index (Phi) is 2.93.